The van der Waals surface area contributed by atoms with Crippen LogP contribution in [0.25, 0.3) is 40.1 Å². The van der Waals surface area contributed by atoms with Crippen LogP contribution in [-0.2, 0) is 6.42 Å². The zero-order valence-electron chi connectivity index (χ0n) is 22.4. The monoisotopic (exact) mass is 559 g/mol. The third-order valence-corrected chi connectivity index (χ3v) is 7.92. The summed E-state index contributed by atoms with van der Waals surface area (Å²) in [6.45, 7) is 2.07. The fourth-order valence-corrected chi connectivity index (χ4v) is 5.85. The van der Waals surface area contributed by atoms with Crippen LogP contribution in [0.1, 0.15) is 29.4 Å². The van der Waals surface area contributed by atoms with Crippen LogP contribution in [0, 0.1) is 0 Å². The second-order valence-electron chi connectivity index (χ2n) is 9.85. The van der Waals surface area contributed by atoms with Crippen LogP contribution < -0.4 is 19.6 Å². The Morgan fingerprint density at radius 2 is 1.85 bits per heavy atom. The number of thiazole rings is 1. The Bertz CT molecular complexity index is 2020. The highest BCUT2D eigenvalue weighted by Crippen LogP contribution is 2.34. The van der Waals surface area contributed by atoms with Crippen LogP contribution >= 0.6 is 11.3 Å². The summed E-state index contributed by atoms with van der Waals surface area (Å²) in [4.78, 5) is 18.5. The fourth-order valence-electron chi connectivity index (χ4n) is 4.95. The minimum atomic E-state index is -0.212. The average Bonchev–Trinajstić information content (AvgIpc) is 3.76. The summed E-state index contributed by atoms with van der Waals surface area (Å²) in [5.41, 5.74) is 5.46. The Labute approximate surface area is 239 Å². The number of nitrogens with zero attached hydrogens (tertiary/aromatic N) is 5. The molecule has 7 rings (SSSR count). The normalized spacial score (nSPS) is 15.1. The molecule has 0 spiro atoms. The number of hydrogen-bond acceptors (Lipinski definition) is 7. The number of para-hydroxylation sites is 1. The lowest BCUT2D eigenvalue weighted by Crippen LogP contribution is -2.23. The first kappa shape index (κ1) is 25.0. The molecule has 1 aliphatic rings. The van der Waals surface area contributed by atoms with Gasteiger partial charge in [-0.25, -0.2) is 4.68 Å². The molecule has 9 heteroatoms. The Balaban J connectivity index is 1.27. The summed E-state index contributed by atoms with van der Waals surface area (Å²) in [7, 11) is 1.64. The van der Waals surface area contributed by atoms with Gasteiger partial charge in [-0.3, -0.25) is 4.79 Å². The first-order valence-corrected chi connectivity index (χ1v) is 14.0. The zero-order chi connectivity index (χ0) is 27.9. The average molecular weight is 560 g/mol. The summed E-state index contributed by atoms with van der Waals surface area (Å²) in [5, 5.41) is 9.37. The van der Waals surface area contributed by atoms with E-state index in [0.29, 0.717) is 15.3 Å². The third-order valence-electron chi connectivity index (χ3n) is 6.96. The Morgan fingerprint density at radius 3 is 2.63 bits per heavy atom. The highest BCUT2D eigenvalue weighted by atomic mass is 32.1. The van der Waals surface area contributed by atoms with Gasteiger partial charge in [0.05, 0.1) is 17.3 Å². The molecular weight excluding hydrogens is 534 g/mol. The van der Waals surface area contributed by atoms with Gasteiger partial charge in [0.1, 0.15) is 23.3 Å². The number of aromatic nitrogens is 5. The zero-order valence-corrected chi connectivity index (χ0v) is 23.2. The van der Waals surface area contributed by atoms with Gasteiger partial charge in [-0.1, -0.05) is 47.7 Å². The lowest BCUT2D eigenvalue weighted by atomic mass is 10.0. The Kier molecular flexibility index (Phi) is 6.20. The van der Waals surface area contributed by atoms with Gasteiger partial charge in [0.2, 0.25) is 4.96 Å². The summed E-state index contributed by atoms with van der Waals surface area (Å²) in [5.74, 6) is 2.18. The lowest BCUT2D eigenvalue weighted by Gasteiger charge is -2.04. The number of benzene rings is 3. The van der Waals surface area contributed by atoms with E-state index in [2.05, 4.69) is 23.1 Å². The highest BCUT2D eigenvalue weighted by Gasteiger charge is 2.21. The second-order valence-corrected chi connectivity index (χ2v) is 10.9. The number of ether oxygens (including phenoxy) is 2. The van der Waals surface area contributed by atoms with E-state index in [4.69, 9.17) is 14.6 Å². The molecule has 4 heterocycles. The molecule has 1 unspecified atom stereocenters. The SMILES string of the molecule is COc1ccc(/C=C/c2nc3s/c(=C\c4cn(-c5ccccc5)nc4-c4ccc5c(c4)CC(C)O5)c(=O)n3n2)cc1. The minimum absolute atomic E-state index is 0.155. The van der Waals surface area contributed by atoms with Gasteiger partial charge in [0.15, 0.2) is 5.82 Å². The molecule has 0 saturated heterocycles. The van der Waals surface area contributed by atoms with E-state index in [0.717, 1.165) is 51.6 Å². The summed E-state index contributed by atoms with van der Waals surface area (Å²) < 4.78 is 14.9. The molecule has 0 saturated carbocycles. The van der Waals surface area contributed by atoms with E-state index >= 15 is 0 Å². The molecule has 0 N–H and O–H groups in total. The van der Waals surface area contributed by atoms with Crippen molar-refractivity contribution in [2.45, 2.75) is 19.4 Å². The van der Waals surface area contributed by atoms with E-state index < -0.39 is 0 Å². The van der Waals surface area contributed by atoms with Crippen molar-refractivity contribution in [3.8, 4) is 28.4 Å². The van der Waals surface area contributed by atoms with Crippen molar-refractivity contribution in [1.29, 1.82) is 0 Å². The smallest absolute Gasteiger partial charge is 0.291 e. The summed E-state index contributed by atoms with van der Waals surface area (Å²) >= 11 is 1.31. The summed E-state index contributed by atoms with van der Waals surface area (Å²) in [6, 6.07) is 23.8. The standard InChI is InChI=1S/C32H25N5O3S/c1-20-16-23-17-22(11-14-27(23)40-20)30-24(19-36(35-30)25-6-4-3-5-7-25)18-28-31(38)37-32(41-28)33-29(34-37)15-10-21-8-12-26(39-2)13-9-21/h3-15,17-20H,16H2,1-2H3/b15-10+,28-18-. The fraction of sp³-hybridized carbons (Fsp3) is 0.125. The third kappa shape index (κ3) is 4.81. The van der Waals surface area contributed by atoms with Crippen LogP contribution in [0.2, 0.25) is 0 Å². The molecule has 3 aromatic carbocycles. The maximum Gasteiger partial charge on any atom is 0.291 e. The molecule has 8 nitrogen and oxygen atoms in total. The molecule has 202 valence electrons. The van der Waals surface area contributed by atoms with E-state index in [1.54, 1.807) is 13.2 Å². The molecule has 41 heavy (non-hydrogen) atoms. The number of methoxy groups -OCH3 is 1. The van der Waals surface area contributed by atoms with Gasteiger partial charge in [0, 0.05) is 23.7 Å². The Morgan fingerprint density at radius 1 is 1.02 bits per heavy atom. The van der Waals surface area contributed by atoms with Gasteiger partial charge in [-0.05, 0) is 72.7 Å². The van der Waals surface area contributed by atoms with Crippen molar-refractivity contribution in [2.24, 2.45) is 0 Å². The van der Waals surface area contributed by atoms with Crippen molar-refractivity contribution < 1.29 is 9.47 Å². The van der Waals surface area contributed by atoms with Crippen molar-refractivity contribution in [3.63, 3.8) is 0 Å². The van der Waals surface area contributed by atoms with Crippen LogP contribution in [0.15, 0.2) is 83.8 Å². The van der Waals surface area contributed by atoms with E-state index in [1.807, 2.05) is 89.8 Å². The van der Waals surface area contributed by atoms with Crippen molar-refractivity contribution in [2.75, 3.05) is 7.11 Å². The van der Waals surface area contributed by atoms with E-state index in [1.165, 1.54) is 15.9 Å². The quantitative estimate of drug-likeness (QED) is 0.284. The molecule has 0 amide bonds. The van der Waals surface area contributed by atoms with Gasteiger partial charge in [0.25, 0.3) is 5.56 Å². The number of rotatable bonds is 6. The molecule has 1 aliphatic heterocycles. The lowest BCUT2D eigenvalue weighted by molar-refractivity contribution is 0.254. The topological polar surface area (TPSA) is 83.5 Å². The largest absolute Gasteiger partial charge is 0.497 e. The highest BCUT2D eigenvalue weighted by molar-refractivity contribution is 7.15. The van der Waals surface area contributed by atoms with Gasteiger partial charge in [-0.2, -0.15) is 14.6 Å². The number of fused-ring (bicyclic) bond motifs is 2. The maximum absolute atomic E-state index is 13.4. The molecule has 6 aromatic rings. The first-order chi connectivity index (χ1) is 20.0. The molecular formula is C32H25N5O3S. The maximum atomic E-state index is 13.4. The molecule has 0 bridgehead atoms. The van der Waals surface area contributed by atoms with E-state index in [9.17, 15) is 4.79 Å². The second kappa shape index (κ2) is 10.2. The minimum Gasteiger partial charge on any atom is -0.497 e. The van der Waals surface area contributed by atoms with Crippen LogP contribution in [-0.4, -0.2) is 37.6 Å². The molecule has 1 atom stereocenters. The van der Waals surface area contributed by atoms with E-state index in [-0.39, 0.29) is 11.7 Å². The molecule has 0 radical (unpaired) electrons. The first-order valence-electron chi connectivity index (χ1n) is 13.2. The van der Waals surface area contributed by atoms with Gasteiger partial charge >= 0.3 is 0 Å². The van der Waals surface area contributed by atoms with Crippen molar-refractivity contribution in [3.05, 3.63) is 116 Å². The predicted molar refractivity (Wildman–Crippen MR) is 161 cm³/mol. The van der Waals surface area contributed by atoms with Crippen LogP contribution in [0.5, 0.6) is 11.5 Å². The van der Waals surface area contributed by atoms with Gasteiger partial charge in [-0.15, -0.1) is 5.10 Å². The predicted octanol–water partition coefficient (Wildman–Crippen LogP) is 5.05. The molecule has 3 aromatic heterocycles. The van der Waals surface area contributed by atoms with Gasteiger partial charge < -0.3 is 9.47 Å². The number of hydrogen-bond donors (Lipinski definition) is 0. The van der Waals surface area contributed by atoms with Crippen molar-refractivity contribution >= 4 is 34.5 Å². The van der Waals surface area contributed by atoms with Crippen LogP contribution in [0.3, 0.4) is 0 Å². The molecule has 0 fully saturated rings. The summed E-state index contributed by atoms with van der Waals surface area (Å²) in [6.07, 6.45) is 8.55. The van der Waals surface area contributed by atoms with Crippen LogP contribution in [0.4, 0.5) is 0 Å². The molecule has 0 aliphatic carbocycles. The van der Waals surface area contributed by atoms with Crippen molar-refractivity contribution in [1.82, 2.24) is 24.4 Å². The Hall–Kier alpha value is -5.02.